The van der Waals surface area contributed by atoms with Gasteiger partial charge < -0.3 is 24.8 Å². The van der Waals surface area contributed by atoms with Crippen molar-refractivity contribution in [3.63, 3.8) is 0 Å². The Morgan fingerprint density at radius 3 is 2.76 bits per heavy atom. The SMILES string of the molecule is CCN(CCO)CCCOc1ccc(C=Cc2n[nH]c3ccccc23)c(NC(=O)c2sccc2C)c1OC. The molecule has 2 aromatic heterocycles. The van der Waals surface area contributed by atoms with Crippen molar-refractivity contribution in [2.75, 3.05) is 45.3 Å². The molecular weight excluding hydrogens is 500 g/mol. The highest BCUT2D eigenvalue weighted by atomic mass is 32.1. The van der Waals surface area contributed by atoms with Crippen LogP contribution in [0.4, 0.5) is 5.69 Å². The number of likely N-dealkylation sites (N-methyl/N-ethyl adjacent to an activating group) is 1. The van der Waals surface area contributed by atoms with E-state index in [1.165, 1.54) is 11.3 Å². The van der Waals surface area contributed by atoms with Crippen LogP contribution in [-0.4, -0.2) is 66.1 Å². The Kier molecular flexibility index (Phi) is 9.53. The molecule has 4 rings (SSSR count). The summed E-state index contributed by atoms with van der Waals surface area (Å²) in [6.45, 7) is 6.93. The molecule has 1 amide bonds. The zero-order valence-electron chi connectivity index (χ0n) is 22.0. The molecule has 0 radical (unpaired) electrons. The van der Waals surface area contributed by atoms with Crippen molar-refractivity contribution in [1.29, 1.82) is 0 Å². The van der Waals surface area contributed by atoms with Crippen LogP contribution in [0.15, 0.2) is 47.8 Å². The second-order valence-electron chi connectivity index (χ2n) is 8.80. The number of aliphatic hydroxyl groups excluding tert-OH is 1. The number of methoxy groups -OCH3 is 1. The van der Waals surface area contributed by atoms with Crippen LogP contribution in [0.5, 0.6) is 11.5 Å². The molecule has 200 valence electrons. The van der Waals surface area contributed by atoms with Crippen LogP contribution >= 0.6 is 11.3 Å². The second kappa shape index (κ2) is 13.2. The first kappa shape index (κ1) is 27.4. The molecule has 38 heavy (non-hydrogen) atoms. The maximum atomic E-state index is 13.2. The Labute approximate surface area is 226 Å². The summed E-state index contributed by atoms with van der Waals surface area (Å²) in [5, 5.41) is 22.7. The number of aliphatic hydroxyl groups is 1. The first-order chi connectivity index (χ1) is 18.5. The van der Waals surface area contributed by atoms with Gasteiger partial charge in [-0.1, -0.05) is 31.2 Å². The van der Waals surface area contributed by atoms with Crippen molar-refractivity contribution < 1.29 is 19.4 Å². The number of aryl methyl sites for hydroxylation is 1. The number of aromatic amines is 1. The largest absolute Gasteiger partial charge is 0.491 e. The number of ether oxygens (including phenoxy) is 2. The Bertz CT molecular complexity index is 1390. The van der Waals surface area contributed by atoms with E-state index in [1.807, 2.05) is 66.9 Å². The van der Waals surface area contributed by atoms with Gasteiger partial charge in [0.2, 0.25) is 0 Å². The Morgan fingerprint density at radius 1 is 1.18 bits per heavy atom. The summed E-state index contributed by atoms with van der Waals surface area (Å²) < 4.78 is 11.9. The average Bonchev–Trinajstić information content (AvgIpc) is 3.55. The van der Waals surface area contributed by atoms with Gasteiger partial charge in [-0.3, -0.25) is 9.89 Å². The summed E-state index contributed by atoms with van der Waals surface area (Å²) in [5.74, 6) is 0.818. The average molecular weight is 535 g/mol. The molecule has 2 heterocycles. The van der Waals surface area contributed by atoms with E-state index >= 15 is 0 Å². The highest BCUT2D eigenvalue weighted by molar-refractivity contribution is 7.12. The predicted octanol–water partition coefficient (Wildman–Crippen LogP) is 5.45. The number of carbonyl (C=O) groups excluding carboxylic acids is 1. The van der Waals surface area contributed by atoms with E-state index in [2.05, 4.69) is 27.3 Å². The van der Waals surface area contributed by atoms with E-state index in [9.17, 15) is 9.90 Å². The Hall–Kier alpha value is -3.66. The molecule has 4 aromatic rings. The number of nitrogens with one attached hydrogen (secondary N) is 2. The van der Waals surface area contributed by atoms with Gasteiger partial charge in [0.15, 0.2) is 11.5 Å². The zero-order chi connectivity index (χ0) is 26.9. The quantitative estimate of drug-likeness (QED) is 0.197. The van der Waals surface area contributed by atoms with E-state index in [1.54, 1.807) is 7.11 Å². The molecule has 0 saturated carbocycles. The number of thiophene rings is 1. The normalized spacial score (nSPS) is 11.5. The number of aromatic nitrogens is 2. The third kappa shape index (κ3) is 6.42. The molecule has 9 heteroatoms. The number of anilines is 1. The van der Waals surface area contributed by atoms with Gasteiger partial charge in [0.05, 0.1) is 42.1 Å². The van der Waals surface area contributed by atoms with Crippen LogP contribution in [0.2, 0.25) is 0 Å². The van der Waals surface area contributed by atoms with E-state index in [0.717, 1.165) is 47.2 Å². The minimum Gasteiger partial charge on any atom is -0.491 e. The van der Waals surface area contributed by atoms with Gasteiger partial charge in [0, 0.05) is 24.0 Å². The van der Waals surface area contributed by atoms with Crippen molar-refractivity contribution in [2.24, 2.45) is 0 Å². The van der Waals surface area contributed by atoms with Gasteiger partial charge in [-0.25, -0.2) is 0 Å². The number of fused-ring (bicyclic) bond motifs is 1. The van der Waals surface area contributed by atoms with Gasteiger partial charge in [0.1, 0.15) is 0 Å². The summed E-state index contributed by atoms with van der Waals surface area (Å²) in [6.07, 6.45) is 4.63. The number of benzene rings is 2. The molecule has 3 N–H and O–H groups in total. The van der Waals surface area contributed by atoms with Crippen molar-refractivity contribution in [3.8, 4) is 11.5 Å². The molecule has 0 aliphatic carbocycles. The zero-order valence-corrected chi connectivity index (χ0v) is 22.8. The van der Waals surface area contributed by atoms with Crippen LogP contribution in [0, 0.1) is 6.92 Å². The van der Waals surface area contributed by atoms with E-state index in [4.69, 9.17) is 9.47 Å². The minimum atomic E-state index is -0.199. The monoisotopic (exact) mass is 534 g/mol. The number of H-pyrrole nitrogens is 1. The molecule has 0 fully saturated rings. The number of amides is 1. The highest BCUT2D eigenvalue weighted by Gasteiger charge is 2.19. The van der Waals surface area contributed by atoms with Crippen LogP contribution < -0.4 is 14.8 Å². The molecule has 0 atom stereocenters. The topological polar surface area (TPSA) is 99.7 Å². The fourth-order valence-corrected chi connectivity index (χ4v) is 5.08. The third-order valence-electron chi connectivity index (χ3n) is 6.33. The summed E-state index contributed by atoms with van der Waals surface area (Å²) in [6, 6.07) is 13.6. The number of carbonyl (C=O) groups is 1. The van der Waals surface area contributed by atoms with E-state index < -0.39 is 0 Å². The number of hydrogen-bond acceptors (Lipinski definition) is 7. The predicted molar refractivity (Wildman–Crippen MR) is 154 cm³/mol. The molecule has 0 bridgehead atoms. The molecule has 0 aliphatic heterocycles. The van der Waals surface area contributed by atoms with Gasteiger partial charge in [0.25, 0.3) is 5.91 Å². The summed E-state index contributed by atoms with van der Waals surface area (Å²) >= 11 is 1.40. The van der Waals surface area contributed by atoms with Crippen molar-refractivity contribution >= 4 is 46.0 Å². The van der Waals surface area contributed by atoms with E-state index in [-0.39, 0.29) is 12.5 Å². The molecule has 8 nitrogen and oxygen atoms in total. The highest BCUT2D eigenvalue weighted by Crippen LogP contribution is 2.40. The van der Waals surface area contributed by atoms with E-state index in [0.29, 0.717) is 35.2 Å². The fraction of sp³-hybridized carbons (Fsp3) is 0.310. The first-order valence-corrected chi connectivity index (χ1v) is 13.6. The van der Waals surface area contributed by atoms with Crippen molar-refractivity contribution in [2.45, 2.75) is 20.3 Å². The number of hydrogen-bond donors (Lipinski definition) is 3. The molecular formula is C29H34N4O4S. The lowest BCUT2D eigenvalue weighted by molar-refractivity contribution is 0.102. The standard InChI is InChI=1S/C29H34N4O4S/c1-4-33(16-17-34)15-7-18-37-25-13-11-21(10-12-24-22-8-5-6-9-23(22)31-32-24)26(27(25)36-3)30-29(35)28-20(2)14-19-38-28/h5-6,8-14,19,34H,4,7,15-18H2,1-3H3,(H,30,35)(H,31,32). The first-order valence-electron chi connectivity index (χ1n) is 12.7. The van der Waals surface area contributed by atoms with Crippen molar-refractivity contribution in [1.82, 2.24) is 15.1 Å². The lowest BCUT2D eigenvalue weighted by atomic mass is 10.1. The third-order valence-corrected chi connectivity index (χ3v) is 7.34. The van der Waals surface area contributed by atoms with Crippen molar-refractivity contribution in [3.05, 3.63) is 69.5 Å². The number of nitrogens with zero attached hydrogens (tertiary/aromatic N) is 2. The smallest absolute Gasteiger partial charge is 0.266 e. The molecule has 0 saturated heterocycles. The summed E-state index contributed by atoms with van der Waals surface area (Å²) in [4.78, 5) is 16.0. The second-order valence-corrected chi connectivity index (χ2v) is 9.71. The molecule has 0 spiro atoms. The molecule has 0 unspecified atom stereocenters. The fourth-order valence-electron chi connectivity index (χ4n) is 4.26. The van der Waals surface area contributed by atoms with Crippen LogP contribution in [0.25, 0.3) is 23.1 Å². The Morgan fingerprint density at radius 2 is 2.03 bits per heavy atom. The summed E-state index contributed by atoms with van der Waals surface area (Å²) in [7, 11) is 1.57. The maximum absolute atomic E-state index is 13.2. The lowest BCUT2D eigenvalue weighted by Crippen LogP contribution is -2.28. The van der Waals surface area contributed by atoms with Gasteiger partial charge >= 0.3 is 0 Å². The number of para-hydroxylation sites is 1. The van der Waals surface area contributed by atoms with Crippen LogP contribution in [0.1, 0.15) is 39.8 Å². The lowest BCUT2D eigenvalue weighted by Gasteiger charge is -2.20. The summed E-state index contributed by atoms with van der Waals surface area (Å²) in [5.41, 5.74) is 3.98. The van der Waals surface area contributed by atoms with Gasteiger partial charge in [-0.15, -0.1) is 11.3 Å². The van der Waals surface area contributed by atoms with Gasteiger partial charge in [-0.05, 0) is 61.2 Å². The molecule has 2 aromatic carbocycles. The van der Waals surface area contributed by atoms with Gasteiger partial charge in [-0.2, -0.15) is 5.10 Å². The minimum absolute atomic E-state index is 0.137. The molecule has 0 aliphatic rings. The van der Waals surface area contributed by atoms with Crippen LogP contribution in [-0.2, 0) is 0 Å². The van der Waals surface area contributed by atoms with Crippen LogP contribution in [0.3, 0.4) is 0 Å². The maximum Gasteiger partial charge on any atom is 0.266 e. The Balaban J connectivity index is 1.62. The number of rotatable bonds is 13.